The van der Waals surface area contributed by atoms with Crippen LogP contribution >= 0.6 is 0 Å². The Morgan fingerprint density at radius 3 is 2.71 bits per heavy atom. The summed E-state index contributed by atoms with van der Waals surface area (Å²) >= 11 is 0. The SMILES string of the molecule is OB(O)c1cnc(OC2CC2)cc1F. The van der Waals surface area contributed by atoms with E-state index in [9.17, 15) is 4.39 Å². The van der Waals surface area contributed by atoms with E-state index < -0.39 is 12.9 Å². The first-order valence-corrected chi connectivity index (χ1v) is 4.35. The van der Waals surface area contributed by atoms with Crippen LogP contribution in [0.4, 0.5) is 4.39 Å². The van der Waals surface area contributed by atoms with E-state index in [1.165, 1.54) is 0 Å². The van der Waals surface area contributed by atoms with Crippen LogP contribution in [-0.2, 0) is 0 Å². The smallest absolute Gasteiger partial charge is 0.474 e. The molecule has 2 N–H and O–H groups in total. The second kappa shape index (κ2) is 3.55. The van der Waals surface area contributed by atoms with E-state index in [0.29, 0.717) is 0 Å². The summed E-state index contributed by atoms with van der Waals surface area (Å²) in [4.78, 5) is 3.76. The van der Waals surface area contributed by atoms with E-state index in [1.807, 2.05) is 0 Å². The molecule has 0 spiro atoms. The fraction of sp³-hybridized carbons (Fsp3) is 0.375. The molecule has 1 saturated carbocycles. The lowest BCUT2D eigenvalue weighted by Gasteiger charge is -2.05. The molecule has 1 aromatic heterocycles. The number of pyridine rings is 1. The lowest BCUT2D eigenvalue weighted by Crippen LogP contribution is -2.33. The van der Waals surface area contributed by atoms with Gasteiger partial charge in [-0.05, 0) is 12.8 Å². The van der Waals surface area contributed by atoms with Gasteiger partial charge in [0.15, 0.2) is 0 Å². The van der Waals surface area contributed by atoms with Crippen molar-refractivity contribution in [3.05, 3.63) is 18.1 Å². The molecule has 1 aromatic rings. The third kappa shape index (κ3) is 2.02. The van der Waals surface area contributed by atoms with Crippen LogP contribution in [-0.4, -0.2) is 28.3 Å². The molecule has 6 heteroatoms. The number of rotatable bonds is 3. The minimum absolute atomic E-state index is 0.145. The topological polar surface area (TPSA) is 62.6 Å². The first kappa shape index (κ1) is 9.42. The molecule has 0 atom stereocenters. The molecule has 0 radical (unpaired) electrons. The molecule has 1 aliphatic carbocycles. The minimum Gasteiger partial charge on any atom is -0.474 e. The largest absolute Gasteiger partial charge is 0.493 e. The molecule has 0 unspecified atom stereocenters. The summed E-state index contributed by atoms with van der Waals surface area (Å²) < 4.78 is 18.4. The van der Waals surface area contributed by atoms with Crippen LogP contribution in [0.3, 0.4) is 0 Å². The minimum atomic E-state index is -1.84. The molecule has 1 fully saturated rings. The van der Waals surface area contributed by atoms with Crippen LogP contribution in [0.2, 0.25) is 0 Å². The van der Waals surface area contributed by atoms with E-state index in [-0.39, 0.29) is 17.4 Å². The molecule has 0 bridgehead atoms. The van der Waals surface area contributed by atoms with Crippen molar-refractivity contribution < 1.29 is 19.2 Å². The van der Waals surface area contributed by atoms with Crippen LogP contribution in [0.5, 0.6) is 5.88 Å². The van der Waals surface area contributed by atoms with Crippen LogP contribution in [0, 0.1) is 5.82 Å². The van der Waals surface area contributed by atoms with Gasteiger partial charge in [0.05, 0.1) is 0 Å². The zero-order valence-electron chi connectivity index (χ0n) is 7.35. The average Bonchev–Trinajstić information content (AvgIpc) is 2.87. The fourth-order valence-electron chi connectivity index (χ4n) is 1.03. The molecular weight excluding hydrogens is 188 g/mol. The first-order valence-electron chi connectivity index (χ1n) is 4.35. The van der Waals surface area contributed by atoms with Crippen LogP contribution in [0.25, 0.3) is 0 Å². The monoisotopic (exact) mass is 197 g/mol. The van der Waals surface area contributed by atoms with E-state index in [0.717, 1.165) is 25.1 Å². The molecule has 1 aliphatic rings. The van der Waals surface area contributed by atoms with Gasteiger partial charge in [0.1, 0.15) is 11.9 Å². The van der Waals surface area contributed by atoms with Gasteiger partial charge in [0.2, 0.25) is 5.88 Å². The summed E-state index contributed by atoms with van der Waals surface area (Å²) in [7, 11) is -1.84. The zero-order valence-corrected chi connectivity index (χ0v) is 7.35. The van der Waals surface area contributed by atoms with Crippen LogP contribution in [0.1, 0.15) is 12.8 Å². The van der Waals surface area contributed by atoms with Gasteiger partial charge in [-0.1, -0.05) is 0 Å². The number of nitrogens with zero attached hydrogens (tertiary/aromatic N) is 1. The third-order valence-corrected chi connectivity index (χ3v) is 1.95. The Bertz CT molecular complexity index is 343. The van der Waals surface area contributed by atoms with Gasteiger partial charge in [-0.15, -0.1) is 0 Å². The van der Waals surface area contributed by atoms with Gasteiger partial charge in [0, 0.05) is 17.7 Å². The molecule has 0 aromatic carbocycles. The fourth-order valence-corrected chi connectivity index (χ4v) is 1.03. The predicted octanol–water partition coefficient (Wildman–Crippen LogP) is -0.558. The number of hydrogen-bond donors (Lipinski definition) is 2. The van der Waals surface area contributed by atoms with Crippen molar-refractivity contribution in [1.29, 1.82) is 0 Å². The van der Waals surface area contributed by atoms with Crippen molar-refractivity contribution in [3.63, 3.8) is 0 Å². The van der Waals surface area contributed by atoms with Crippen molar-refractivity contribution in [2.75, 3.05) is 0 Å². The summed E-state index contributed by atoms with van der Waals surface area (Å²) in [5.41, 5.74) is -0.242. The van der Waals surface area contributed by atoms with Crippen molar-refractivity contribution >= 4 is 12.6 Å². The van der Waals surface area contributed by atoms with Gasteiger partial charge >= 0.3 is 7.12 Å². The molecule has 1 heterocycles. The summed E-state index contributed by atoms with van der Waals surface area (Å²) in [6.07, 6.45) is 3.14. The Hall–Kier alpha value is -1.14. The quantitative estimate of drug-likeness (QED) is 0.637. The van der Waals surface area contributed by atoms with Gasteiger partial charge in [-0.2, -0.15) is 0 Å². The number of aromatic nitrogens is 1. The Morgan fingerprint density at radius 2 is 2.21 bits per heavy atom. The van der Waals surface area contributed by atoms with Crippen molar-refractivity contribution in [3.8, 4) is 5.88 Å². The van der Waals surface area contributed by atoms with Crippen LogP contribution in [0.15, 0.2) is 12.3 Å². The van der Waals surface area contributed by atoms with Crippen molar-refractivity contribution in [1.82, 2.24) is 4.98 Å². The Morgan fingerprint density at radius 1 is 1.50 bits per heavy atom. The van der Waals surface area contributed by atoms with Crippen molar-refractivity contribution in [2.45, 2.75) is 18.9 Å². The zero-order chi connectivity index (χ0) is 10.1. The standard InChI is InChI=1S/C8H9BFNO3/c10-7-3-8(14-5-1-2-5)11-4-6(7)9(12)13/h3-5,12-13H,1-2H2. The molecule has 4 nitrogen and oxygen atoms in total. The molecule has 14 heavy (non-hydrogen) atoms. The molecule has 0 aliphatic heterocycles. The molecular formula is C8H9BFNO3. The highest BCUT2D eigenvalue weighted by molar-refractivity contribution is 6.58. The Labute approximate surface area is 80.5 Å². The molecule has 2 rings (SSSR count). The highest BCUT2D eigenvalue weighted by atomic mass is 19.1. The summed E-state index contributed by atoms with van der Waals surface area (Å²) in [6.45, 7) is 0. The van der Waals surface area contributed by atoms with Crippen LogP contribution < -0.4 is 10.2 Å². The Balaban J connectivity index is 2.16. The lowest BCUT2D eigenvalue weighted by molar-refractivity contribution is 0.289. The number of hydrogen-bond acceptors (Lipinski definition) is 4. The molecule has 0 saturated heterocycles. The second-order valence-corrected chi connectivity index (χ2v) is 3.23. The van der Waals surface area contributed by atoms with Gasteiger partial charge < -0.3 is 14.8 Å². The second-order valence-electron chi connectivity index (χ2n) is 3.23. The summed E-state index contributed by atoms with van der Waals surface area (Å²) in [5.74, 6) is -0.528. The predicted molar refractivity (Wildman–Crippen MR) is 47.7 cm³/mol. The van der Waals surface area contributed by atoms with Gasteiger partial charge in [-0.25, -0.2) is 9.37 Å². The van der Waals surface area contributed by atoms with Gasteiger partial charge in [0.25, 0.3) is 0 Å². The highest BCUT2D eigenvalue weighted by Crippen LogP contribution is 2.25. The Kier molecular flexibility index (Phi) is 2.39. The van der Waals surface area contributed by atoms with E-state index in [4.69, 9.17) is 14.8 Å². The summed E-state index contributed by atoms with van der Waals surface area (Å²) in [5, 5.41) is 17.4. The van der Waals surface area contributed by atoms with E-state index in [2.05, 4.69) is 4.98 Å². The maximum Gasteiger partial charge on any atom is 0.493 e. The number of halogens is 1. The van der Waals surface area contributed by atoms with E-state index in [1.54, 1.807) is 0 Å². The lowest BCUT2D eigenvalue weighted by atomic mass is 9.81. The van der Waals surface area contributed by atoms with Gasteiger partial charge in [-0.3, -0.25) is 0 Å². The van der Waals surface area contributed by atoms with E-state index >= 15 is 0 Å². The number of ether oxygens (including phenoxy) is 1. The maximum absolute atomic E-state index is 13.1. The molecule has 0 amide bonds. The molecule has 74 valence electrons. The third-order valence-electron chi connectivity index (χ3n) is 1.95. The first-order chi connectivity index (χ1) is 6.66. The maximum atomic E-state index is 13.1. The normalized spacial score (nSPS) is 15.4. The van der Waals surface area contributed by atoms with Crippen molar-refractivity contribution in [2.24, 2.45) is 0 Å². The summed E-state index contributed by atoms with van der Waals surface area (Å²) in [6, 6.07) is 1.06. The average molecular weight is 197 g/mol. The highest BCUT2D eigenvalue weighted by Gasteiger charge is 2.25.